The molecule has 0 spiro atoms. The molecule has 1 heterocycles. The summed E-state index contributed by atoms with van der Waals surface area (Å²) < 4.78 is 43.4. The molecule has 2 aromatic carbocycles. The Morgan fingerprint density at radius 1 is 1.18 bits per heavy atom. The Balaban J connectivity index is 1.81. The number of hydrogen-bond donors (Lipinski definition) is 3. The number of hydrogen-bond acceptors (Lipinski definition) is 3. The number of alkyl halides is 3. The number of anilines is 1. The number of amides is 1. The molecular weight excluding hydrogens is 459 g/mol. The summed E-state index contributed by atoms with van der Waals surface area (Å²) >= 11 is 5.92. The first-order valence-corrected chi connectivity index (χ1v) is 10.2. The number of aromatic nitrogens is 2. The number of nitrogens with zero attached hydrogens (tertiary/aromatic N) is 2. The molecule has 3 N–H and O–H groups in total. The molecular formula is C22H21ClF3N5O2. The largest absolute Gasteiger partial charge is 0.416 e. The van der Waals surface area contributed by atoms with Crippen LogP contribution in [-0.4, -0.2) is 41.8 Å². The molecule has 0 bridgehead atoms. The summed E-state index contributed by atoms with van der Waals surface area (Å²) in [5.74, 6) is -0.286. The van der Waals surface area contributed by atoms with Crippen LogP contribution in [0.2, 0.25) is 5.02 Å². The lowest BCUT2D eigenvalue weighted by molar-refractivity contribution is -0.137. The zero-order valence-corrected chi connectivity index (χ0v) is 18.5. The standard InChI is InChI=1S/C22H21ClF3N5O2/c1-13(12-33-2)27-21(29-20(32)15-3-7-16(8-4-15)22(24,25)26)28-19-11-18(30-31-19)14-5-9-17(23)10-6-14/h3-11,13H,12H2,1-2H3,(H3,27,28,29,30,31,32)/t13-/m0/s1. The highest BCUT2D eigenvalue weighted by molar-refractivity contribution is 6.30. The Bertz CT molecular complexity index is 1110. The van der Waals surface area contributed by atoms with Gasteiger partial charge < -0.3 is 15.4 Å². The SMILES string of the molecule is COC[C@H](C)N/C(=N/C(=O)c1ccc(C(F)(F)F)cc1)Nc1cc(-c2ccc(Cl)cc2)[nH]n1. The van der Waals surface area contributed by atoms with Crippen molar-refractivity contribution >= 4 is 29.3 Å². The maximum atomic E-state index is 12.8. The maximum Gasteiger partial charge on any atom is 0.416 e. The molecule has 7 nitrogen and oxygen atoms in total. The predicted octanol–water partition coefficient (Wildman–Crippen LogP) is 4.98. The Morgan fingerprint density at radius 2 is 1.85 bits per heavy atom. The van der Waals surface area contributed by atoms with E-state index in [4.69, 9.17) is 16.3 Å². The zero-order chi connectivity index (χ0) is 24.0. The third-order valence-corrected chi connectivity index (χ3v) is 4.70. The van der Waals surface area contributed by atoms with Crippen LogP contribution in [0.15, 0.2) is 59.6 Å². The molecule has 11 heteroatoms. The lowest BCUT2D eigenvalue weighted by atomic mass is 10.1. The molecule has 0 aliphatic rings. The molecule has 0 radical (unpaired) electrons. The van der Waals surface area contributed by atoms with Crippen molar-refractivity contribution in [2.75, 3.05) is 19.0 Å². The molecule has 3 rings (SSSR count). The molecule has 0 unspecified atom stereocenters. The van der Waals surface area contributed by atoms with Crippen molar-refractivity contribution in [3.63, 3.8) is 0 Å². The van der Waals surface area contributed by atoms with E-state index < -0.39 is 17.6 Å². The number of ether oxygens (including phenoxy) is 1. The molecule has 0 fully saturated rings. The average molecular weight is 480 g/mol. The second kappa shape index (κ2) is 10.5. The summed E-state index contributed by atoms with van der Waals surface area (Å²) in [4.78, 5) is 16.6. The van der Waals surface area contributed by atoms with Gasteiger partial charge in [0.05, 0.1) is 17.9 Å². The van der Waals surface area contributed by atoms with Crippen molar-refractivity contribution < 1.29 is 22.7 Å². The van der Waals surface area contributed by atoms with Gasteiger partial charge in [0.15, 0.2) is 5.82 Å². The number of halogens is 4. The summed E-state index contributed by atoms with van der Waals surface area (Å²) in [5.41, 5.74) is 0.708. The maximum absolute atomic E-state index is 12.8. The van der Waals surface area contributed by atoms with Crippen LogP contribution in [0.1, 0.15) is 22.8 Å². The van der Waals surface area contributed by atoms with E-state index in [0.717, 1.165) is 29.8 Å². The van der Waals surface area contributed by atoms with Gasteiger partial charge in [-0.15, -0.1) is 0 Å². The van der Waals surface area contributed by atoms with E-state index in [9.17, 15) is 18.0 Å². The lowest BCUT2D eigenvalue weighted by Gasteiger charge is -2.16. The van der Waals surface area contributed by atoms with Crippen LogP contribution in [0.3, 0.4) is 0 Å². The molecule has 33 heavy (non-hydrogen) atoms. The predicted molar refractivity (Wildman–Crippen MR) is 120 cm³/mol. The Hall–Kier alpha value is -3.37. The number of aliphatic imine (C=N–C) groups is 1. The van der Waals surface area contributed by atoms with Gasteiger partial charge in [-0.05, 0) is 48.9 Å². The Labute approximate surface area is 193 Å². The number of aromatic amines is 1. The topological polar surface area (TPSA) is 91.4 Å². The summed E-state index contributed by atoms with van der Waals surface area (Å²) in [6, 6.07) is 12.5. The molecule has 0 aliphatic heterocycles. The van der Waals surface area contributed by atoms with Gasteiger partial charge in [0.2, 0.25) is 5.96 Å². The number of guanidine groups is 1. The number of H-pyrrole nitrogens is 1. The van der Waals surface area contributed by atoms with Gasteiger partial charge in [-0.3, -0.25) is 9.89 Å². The number of carbonyl (C=O) groups excluding carboxylic acids is 1. The number of methoxy groups -OCH3 is 1. The normalized spacial score (nSPS) is 13.0. The molecule has 174 valence electrons. The van der Waals surface area contributed by atoms with Crippen molar-refractivity contribution in [1.29, 1.82) is 0 Å². The highest BCUT2D eigenvalue weighted by Gasteiger charge is 2.30. The fraction of sp³-hybridized carbons (Fsp3) is 0.227. The van der Waals surface area contributed by atoms with Crippen LogP contribution in [0, 0.1) is 0 Å². The van der Waals surface area contributed by atoms with Gasteiger partial charge in [0.25, 0.3) is 5.91 Å². The monoisotopic (exact) mass is 479 g/mol. The smallest absolute Gasteiger partial charge is 0.383 e. The lowest BCUT2D eigenvalue weighted by Crippen LogP contribution is -2.40. The minimum Gasteiger partial charge on any atom is -0.383 e. The van der Waals surface area contributed by atoms with Crippen molar-refractivity contribution in [2.45, 2.75) is 19.1 Å². The van der Waals surface area contributed by atoms with E-state index in [1.807, 2.05) is 19.1 Å². The molecule has 0 saturated carbocycles. The van der Waals surface area contributed by atoms with Crippen molar-refractivity contribution in [1.82, 2.24) is 15.5 Å². The quantitative estimate of drug-likeness (QED) is 0.342. The second-order valence-electron chi connectivity index (χ2n) is 7.14. The number of benzene rings is 2. The summed E-state index contributed by atoms with van der Waals surface area (Å²) in [6.45, 7) is 2.14. The average Bonchev–Trinajstić information content (AvgIpc) is 3.22. The van der Waals surface area contributed by atoms with Crippen LogP contribution in [0.5, 0.6) is 0 Å². The Kier molecular flexibility index (Phi) is 7.72. The molecule has 1 amide bonds. The van der Waals surface area contributed by atoms with E-state index in [1.54, 1.807) is 18.2 Å². The summed E-state index contributed by atoms with van der Waals surface area (Å²) in [7, 11) is 1.53. The van der Waals surface area contributed by atoms with Crippen molar-refractivity contribution in [3.05, 3.63) is 70.7 Å². The molecule has 1 aromatic heterocycles. The summed E-state index contributed by atoms with van der Waals surface area (Å²) in [5, 5.41) is 13.6. The third-order valence-electron chi connectivity index (χ3n) is 4.45. The van der Waals surface area contributed by atoms with E-state index in [0.29, 0.717) is 23.1 Å². The third kappa shape index (κ3) is 6.80. The molecule has 1 atom stereocenters. The van der Waals surface area contributed by atoms with Gasteiger partial charge in [0, 0.05) is 29.8 Å². The van der Waals surface area contributed by atoms with Gasteiger partial charge in [0.1, 0.15) is 0 Å². The number of rotatable bonds is 6. The van der Waals surface area contributed by atoms with Gasteiger partial charge in [-0.25, -0.2) is 0 Å². The number of nitrogens with one attached hydrogen (secondary N) is 3. The Morgan fingerprint density at radius 3 is 2.45 bits per heavy atom. The van der Waals surface area contributed by atoms with Gasteiger partial charge in [-0.2, -0.15) is 23.3 Å². The molecule has 3 aromatic rings. The van der Waals surface area contributed by atoms with E-state index in [1.165, 1.54) is 7.11 Å². The van der Waals surface area contributed by atoms with Gasteiger partial charge in [-0.1, -0.05) is 23.7 Å². The minimum atomic E-state index is -4.49. The first-order chi connectivity index (χ1) is 15.7. The number of carbonyl (C=O) groups is 1. The fourth-order valence-corrected chi connectivity index (χ4v) is 3.00. The first kappa shape index (κ1) is 24.3. The molecule has 0 aliphatic carbocycles. The van der Waals surface area contributed by atoms with E-state index in [2.05, 4.69) is 25.8 Å². The van der Waals surface area contributed by atoms with E-state index >= 15 is 0 Å². The van der Waals surface area contributed by atoms with Crippen LogP contribution in [0.25, 0.3) is 11.3 Å². The fourth-order valence-electron chi connectivity index (χ4n) is 2.87. The highest BCUT2D eigenvalue weighted by atomic mass is 35.5. The van der Waals surface area contributed by atoms with Crippen LogP contribution in [-0.2, 0) is 10.9 Å². The first-order valence-electron chi connectivity index (χ1n) is 9.80. The highest BCUT2D eigenvalue weighted by Crippen LogP contribution is 2.29. The van der Waals surface area contributed by atoms with Crippen molar-refractivity contribution in [3.8, 4) is 11.3 Å². The van der Waals surface area contributed by atoms with Gasteiger partial charge >= 0.3 is 6.18 Å². The van der Waals surface area contributed by atoms with Crippen molar-refractivity contribution in [2.24, 2.45) is 4.99 Å². The van der Waals surface area contributed by atoms with E-state index in [-0.39, 0.29) is 17.6 Å². The van der Waals surface area contributed by atoms with Crippen LogP contribution < -0.4 is 10.6 Å². The van der Waals surface area contributed by atoms with Crippen LogP contribution in [0.4, 0.5) is 19.0 Å². The second-order valence-corrected chi connectivity index (χ2v) is 7.58. The minimum absolute atomic E-state index is 0.00683. The van der Waals surface area contributed by atoms with Crippen LogP contribution >= 0.6 is 11.6 Å². The summed E-state index contributed by atoms with van der Waals surface area (Å²) in [6.07, 6.45) is -4.49. The molecule has 0 saturated heterocycles. The zero-order valence-electron chi connectivity index (χ0n) is 17.7.